The highest BCUT2D eigenvalue weighted by Gasteiger charge is 2.55. The molecule has 7 nitrogen and oxygen atoms in total. The van der Waals surface area contributed by atoms with E-state index < -0.39 is 12.1 Å². The summed E-state index contributed by atoms with van der Waals surface area (Å²) >= 11 is 2.32. The lowest BCUT2D eigenvalue weighted by Crippen LogP contribution is -2.42. The number of benzene rings is 1. The van der Waals surface area contributed by atoms with Crippen molar-refractivity contribution in [3.63, 3.8) is 0 Å². The number of methoxy groups -OCH3 is 1. The predicted molar refractivity (Wildman–Crippen MR) is 116 cm³/mol. The monoisotopic (exact) mass is 519 g/mol. The molecule has 162 valence electrons. The molecule has 0 saturated carbocycles. The number of hydrogen-bond donors (Lipinski definition) is 0. The molecule has 2 aliphatic rings. The number of carbonyl (C=O) groups is 1. The zero-order chi connectivity index (χ0) is 21.0. The Balaban J connectivity index is 1.62. The van der Waals surface area contributed by atoms with Crippen molar-refractivity contribution in [1.82, 2.24) is 4.90 Å². The van der Waals surface area contributed by atoms with Gasteiger partial charge in [-0.05, 0) is 32.3 Å². The van der Waals surface area contributed by atoms with Gasteiger partial charge >= 0.3 is 6.09 Å². The van der Waals surface area contributed by atoms with Crippen LogP contribution in [0.25, 0.3) is 0 Å². The van der Waals surface area contributed by atoms with Crippen LogP contribution >= 0.6 is 22.6 Å². The standard InChI is InChI=1S/C21H30INO6/c1-21(2)28-17-16(27-19(25-4)18(17)29-21)12-15(10-11-22)23(3)20(24)26-13-14-8-6-5-7-9-14/h5-9,15-19H,10-13H2,1-4H3/t15-,16+,17?,18-,19+/m0/s1. The van der Waals surface area contributed by atoms with E-state index in [1.54, 1.807) is 19.1 Å². The van der Waals surface area contributed by atoms with Gasteiger partial charge in [-0.25, -0.2) is 4.79 Å². The van der Waals surface area contributed by atoms with Gasteiger partial charge in [-0.2, -0.15) is 0 Å². The van der Waals surface area contributed by atoms with Crippen LogP contribution in [-0.4, -0.2) is 66.0 Å². The van der Waals surface area contributed by atoms with Crippen molar-refractivity contribution in [1.29, 1.82) is 0 Å². The zero-order valence-corrected chi connectivity index (χ0v) is 19.5. The topological polar surface area (TPSA) is 66.5 Å². The van der Waals surface area contributed by atoms with Gasteiger partial charge in [0, 0.05) is 24.6 Å². The number of ether oxygens (including phenoxy) is 5. The van der Waals surface area contributed by atoms with Crippen LogP contribution in [-0.2, 0) is 30.3 Å². The molecule has 1 aromatic carbocycles. The third-order valence-corrected chi connectivity index (χ3v) is 5.95. The van der Waals surface area contributed by atoms with Crippen LogP contribution < -0.4 is 0 Å². The van der Waals surface area contributed by atoms with Crippen molar-refractivity contribution in [3.8, 4) is 0 Å². The lowest BCUT2D eigenvalue weighted by atomic mass is 10.0. The number of alkyl halides is 1. The summed E-state index contributed by atoms with van der Waals surface area (Å²) in [6.07, 6.45) is -0.0651. The average molecular weight is 519 g/mol. The number of fused-ring (bicyclic) bond motifs is 1. The summed E-state index contributed by atoms with van der Waals surface area (Å²) in [5.74, 6) is -0.673. The van der Waals surface area contributed by atoms with E-state index >= 15 is 0 Å². The molecule has 1 aromatic rings. The van der Waals surface area contributed by atoms with Crippen molar-refractivity contribution < 1.29 is 28.5 Å². The second-order valence-electron chi connectivity index (χ2n) is 7.86. The normalized spacial score (nSPS) is 28.7. The largest absolute Gasteiger partial charge is 0.445 e. The van der Waals surface area contributed by atoms with Gasteiger partial charge in [0.25, 0.3) is 0 Å². The Hall–Kier alpha value is -0.940. The average Bonchev–Trinajstić information content (AvgIpc) is 3.19. The summed E-state index contributed by atoms with van der Waals surface area (Å²) in [5.41, 5.74) is 0.961. The van der Waals surface area contributed by atoms with Gasteiger partial charge < -0.3 is 28.6 Å². The molecule has 2 aliphatic heterocycles. The minimum absolute atomic E-state index is 0.0382. The third kappa shape index (κ3) is 5.61. The van der Waals surface area contributed by atoms with E-state index in [9.17, 15) is 4.79 Å². The Morgan fingerprint density at radius 2 is 1.93 bits per heavy atom. The molecular formula is C21H30INO6. The summed E-state index contributed by atoms with van der Waals surface area (Å²) in [7, 11) is 3.38. The number of halogens is 1. The summed E-state index contributed by atoms with van der Waals surface area (Å²) in [4.78, 5) is 14.3. The van der Waals surface area contributed by atoms with Crippen LogP contribution in [0.5, 0.6) is 0 Å². The van der Waals surface area contributed by atoms with Crippen molar-refractivity contribution >= 4 is 28.7 Å². The van der Waals surface area contributed by atoms with E-state index in [0.717, 1.165) is 16.4 Å². The number of rotatable bonds is 8. The van der Waals surface area contributed by atoms with Crippen molar-refractivity contribution in [2.45, 2.75) is 69.7 Å². The molecule has 1 amide bonds. The van der Waals surface area contributed by atoms with Gasteiger partial charge in [-0.3, -0.25) is 0 Å². The minimum atomic E-state index is -0.673. The number of amides is 1. The summed E-state index contributed by atoms with van der Waals surface area (Å²) in [6, 6.07) is 9.63. The van der Waals surface area contributed by atoms with Crippen molar-refractivity contribution in [2.24, 2.45) is 0 Å². The molecule has 0 spiro atoms. The first-order valence-electron chi connectivity index (χ1n) is 9.88. The highest BCUT2D eigenvalue weighted by molar-refractivity contribution is 14.1. The van der Waals surface area contributed by atoms with Crippen LogP contribution in [0.2, 0.25) is 0 Å². The number of hydrogen-bond acceptors (Lipinski definition) is 6. The molecule has 2 saturated heterocycles. The van der Waals surface area contributed by atoms with Gasteiger partial charge in [0.1, 0.15) is 18.8 Å². The molecule has 29 heavy (non-hydrogen) atoms. The van der Waals surface area contributed by atoms with Gasteiger partial charge in [0.2, 0.25) is 0 Å². The molecule has 1 unspecified atom stereocenters. The fourth-order valence-electron chi connectivity index (χ4n) is 3.86. The first-order valence-corrected chi connectivity index (χ1v) is 11.4. The van der Waals surface area contributed by atoms with Crippen molar-refractivity contribution in [3.05, 3.63) is 35.9 Å². The maximum Gasteiger partial charge on any atom is 0.410 e. The van der Waals surface area contributed by atoms with Gasteiger partial charge in [-0.1, -0.05) is 52.9 Å². The lowest BCUT2D eigenvalue weighted by Gasteiger charge is -2.31. The Morgan fingerprint density at radius 3 is 2.59 bits per heavy atom. The van der Waals surface area contributed by atoms with Gasteiger partial charge in [0.05, 0.1) is 6.10 Å². The Kier molecular flexibility index (Phi) is 7.77. The fourth-order valence-corrected chi connectivity index (χ4v) is 4.57. The minimum Gasteiger partial charge on any atom is -0.445 e. The Morgan fingerprint density at radius 1 is 1.24 bits per heavy atom. The second-order valence-corrected chi connectivity index (χ2v) is 8.94. The predicted octanol–water partition coefficient (Wildman–Crippen LogP) is 3.73. The van der Waals surface area contributed by atoms with E-state index in [0.29, 0.717) is 6.42 Å². The lowest BCUT2D eigenvalue weighted by molar-refractivity contribution is -0.228. The third-order valence-electron chi connectivity index (χ3n) is 5.33. The molecule has 0 bridgehead atoms. The highest BCUT2D eigenvalue weighted by Crippen LogP contribution is 2.40. The molecule has 0 aliphatic carbocycles. The molecular weight excluding hydrogens is 489 g/mol. The van der Waals surface area contributed by atoms with Crippen LogP contribution in [0.3, 0.4) is 0 Å². The van der Waals surface area contributed by atoms with E-state index in [2.05, 4.69) is 22.6 Å². The van der Waals surface area contributed by atoms with Gasteiger partial charge in [-0.15, -0.1) is 0 Å². The number of carbonyl (C=O) groups excluding carboxylic acids is 1. The molecule has 0 aromatic heterocycles. The summed E-state index contributed by atoms with van der Waals surface area (Å²) in [6.45, 7) is 4.04. The van der Waals surface area contributed by atoms with Crippen LogP contribution in [0, 0.1) is 0 Å². The summed E-state index contributed by atoms with van der Waals surface area (Å²) in [5, 5.41) is 0. The van der Waals surface area contributed by atoms with Crippen molar-refractivity contribution in [2.75, 3.05) is 18.6 Å². The molecule has 8 heteroatoms. The SMILES string of the molecule is CO[C@@H]1O[C@H](C[C@H](CCI)N(C)C(=O)OCc2ccccc2)C2OC(C)(C)O[C@@H]21. The molecule has 0 N–H and O–H groups in total. The molecule has 3 rings (SSSR count). The molecule has 0 radical (unpaired) electrons. The molecule has 5 atom stereocenters. The smallest absolute Gasteiger partial charge is 0.410 e. The first kappa shape index (κ1) is 22.7. The van der Waals surface area contributed by atoms with Crippen LogP contribution in [0.15, 0.2) is 30.3 Å². The van der Waals surface area contributed by atoms with Crippen LogP contribution in [0.4, 0.5) is 4.79 Å². The van der Waals surface area contributed by atoms with E-state index in [1.165, 1.54) is 0 Å². The first-order chi connectivity index (χ1) is 13.8. The van der Waals surface area contributed by atoms with Crippen LogP contribution in [0.1, 0.15) is 32.3 Å². The molecule has 2 fully saturated rings. The summed E-state index contributed by atoms with van der Waals surface area (Å²) < 4.78 is 30.0. The number of nitrogens with zero attached hydrogens (tertiary/aromatic N) is 1. The maximum absolute atomic E-state index is 12.6. The fraction of sp³-hybridized carbons (Fsp3) is 0.667. The van der Waals surface area contributed by atoms with E-state index in [1.807, 2.05) is 44.2 Å². The van der Waals surface area contributed by atoms with E-state index in [4.69, 9.17) is 23.7 Å². The maximum atomic E-state index is 12.6. The zero-order valence-electron chi connectivity index (χ0n) is 17.4. The quantitative estimate of drug-likeness (QED) is 0.386. The second kappa shape index (κ2) is 9.91. The van der Waals surface area contributed by atoms with Gasteiger partial charge in [0.15, 0.2) is 12.1 Å². The highest BCUT2D eigenvalue weighted by atomic mass is 127. The molecule has 2 heterocycles. The Bertz CT molecular complexity index is 672. The Labute approximate surface area is 186 Å². The van der Waals surface area contributed by atoms with E-state index in [-0.39, 0.29) is 37.1 Å².